The van der Waals surface area contributed by atoms with Gasteiger partial charge in [-0.05, 0) is 65.2 Å². The average Bonchev–Trinajstić information content (AvgIpc) is 3.37. The largest absolute Gasteiger partial charge is 0.494 e. The number of urea groups is 1. The number of anilines is 1. The minimum absolute atomic E-state index is 0.169. The molecule has 0 saturated heterocycles. The maximum Gasteiger partial charge on any atom is 0.322 e. The number of thiophene rings is 1. The lowest BCUT2D eigenvalue weighted by atomic mass is 10.3. The number of nitrogens with zero attached hydrogens (tertiary/aromatic N) is 1. The molecule has 1 N–H and O–H groups in total. The van der Waals surface area contributed by atoms with Crippen molar-refractivity contribution in [1.29, 1.82) is 0 Å². The van der Waals surface area contributed by atoms with E-state index in [1.54, 1.807) is 22.5 Å². The zero-order chi connectivity index (χ0) is 18.9. The molecule has 0 radical (unpaired) electrons. The third-order valence-electron chi connectivity index (χ3n) is 4.04. The summed E-state index contributed by atoms with van der Waals surface area (Å²) in [6.07, 6.45) is 3.75. The maximum absolute atomic E-state index is 12.8. The van der Waals surface area contributed by atoms with Crippen LogP contribution in [0.25, 0.3) is 0 Å². The van der Waals surface area contributed by atoms with Gasteiger partial charge in [-0.2, -0.15) is 11.3 Å². The summed E-state index contributed by atoms with van der Waals surface area (Å²) in [5, 5.41) is 7.01. The molecule has 0 atom stereocenters. The van der Waals surface area contributed by atoms with Crippen LogP contribution in [0.1, 0.15) is 31.1 Å². The lowest BCUT2D eigenvalue weighted by Gasteiger charge is -2.22. The molecule has 3 rings (SSSR count). The van der Waals surface area contributed by atoms with Crippen molar-refractivity contribution in [2.24, 2.45) is 0 Å². The Kier molecular flexibility index (Phi) is 6.93. The van der Waals surface area contributed by atoms with Crippen molar-refractivity contribution >= 4 is 23.1 Å². The predicted octanol–water partition coefficient (Wildman–Crippen LogP) is 5.75. The molecule has 2 heterocycles. The molecule has 2 aromatic heterocycles. The number of furan rings is 1. The highest BCUT2D eigenvalue weighted by Gasteiger charge is 2.16. The number of rotatable bonds is 9. The van der Waals surface area contributed by atoms with Crippen LogP contribution in [0, 0.1) is 0 Å². The highest BCUT2D eigenvalue weighted by molar-refractivity contribution is 7.07. The Bertz CT molecular complexity index is 762. The second-order valence-corrected chi connectivity index (χ2v) is 7.00. The van der Waals surface area contributed by atoms with Gasteiger partial charge in [0.2, 0.25) is 0 Å². The Morgan fingerprint density at radius 2 is 2.04 bits per heavy atom. The van der Waals surface area contributed by atoms with Gasteiger partial charge in [-0.25, -0.2) is 4.79 Å². The summed E-state index contributed by atoms with van der Waals surface area (Å²) in [5.74, 6) is 1.56. The summed E-state index contributed by atoms with van der Waals surface area (Å²) < 4.78 is 11.1. The van der Waals surface area contributed by atoms with Crippen molar-refractivity contribution in [3.63, 3.8) is 0 Å². The molecular weight excluding hydrogens is 360 g/mol. The van der Waals surface area contributed by atoms with Gasteiger partial charge in [0.15, 0.2) is 0 Å². The number of unbranched alkanes of at least 4 members (excludes halogenated alkanes) is 1. The summed E-state index contributed by atoms with van der Waals surface area (Å²) in [6.45, 7) is 3.77. The summed E-state index contributed by atoms with van der Waals surface area (Å²) in [6, 6.07) is 13.0. The number of carbonyl (C=O) groups is 1. The summed E-state index contributed by atoms with van der Waals surface area (Å²) in [7, 11) is 0. The van der Waals surface area contributed by atoms with Crippen molar-refractivity contribution < 1.29 is 13.9 Å². The molecule has 2 amide bonds. The third kappa shape index (κ3) is 5.89. The SMILES string of the molecule is CCCCOc1ccc(NC(=O)N(Cc2ccsc2)Cc2ccco2)cc1. The van der Waals surface area contributed by atoms with Gasteiger partial charge in [0.25, 0.3) is 0 Å². The van der Waals surface area contributed by atoms with E-state index in [2.05, 4.69) is 12.2 Å². The van der Waals surface area contributed by atoms with Crippen LogP contribution in [0.3, 0.4) is 0 Å². The summed E-state index contributed by atoms with van der Waals surface area (Å²) >= 11 is 1.62. The molecule has 27 heavy (non-hydrogen) atoms. The van der Waals surface area contributed by atoms with Crippen molar-refractivity contribution in [2.45, 2.75) is 32.9 Å². The van der Waals surface area contributed by atoms with Gasteiger partial charge in [-0.1, -0.05) is 13.3 Å². The quantitative estimate of drug-likeness (QED) is 0.478. The van der Waals surface area contributed by atoms with Crippen LogP contribution in [0.2, 0.25) is 0 Å². The third-order valence-corrected chi connectivity index (χ3v) is 4.77. The Morgan fingerprint density at radius 3 is 2.70 bits per heavy atom. The number of hydrogen-bond acceptors (Lipinski definition) is 4. The van der Waals surface area contributed by atoms with Gasteiger partial charge < -0.3 is 19.4 Å². The van der Waals surface area contributed by atoms with E-state index in [9.17, 15) is 4.79 Å². The van der Waals surface area contributed by atoms with Crippen LogP contribution >= 0.6 is 11.3 Å². The highest BCUT2D eigenvalue weighted by atomic mass is 32.1. The van der Waals surface area contributed by atoms with Crippen LogP contribution in [0.15, 0.2) is 63.9 Å². The van der Waals surface area contributed by atoms with Gasteiger partial charge in [0, 0.05) is 12.2 Å². The Balaban J connectivity index is 1.62. The second kappa shape index (κ2) is 9.83. The number of ether oxygens (including phenoxy) is 1. The average molecular weight is 385 g/mol. The van der Waals surface area contributed by atoms with E-state index in [1.807, 2.05) is 53.2 Å². The lowest BCUT2D eigenvalue weighted by molar-refractivity contribution is 0.201. The van der Waals surface area contributed by atoms with Gasteiger partial charge in [-0.15, -0.1) is 0 Å². The molecule has 1 aromatic carbocycles. The van der Waals surface area contributed by atoms with Crippen LogP contribution in [0.5, 0.6) is 5.75 Å². The number of amides is 2. The fraction of sp³-hybridized carbons (Fsp3) is 0.286. The van der Waals surface area contributed by atoms with Crippen molar-refractivity contribution in [1.82, 2.24) is 4.90 Å². The Morgan fingerprint density at radius 1 is 1.19 bits per heavy atom. The summed E-state index contributed by atoms with van der Waals surface area (Å²) in [5.41, 5.74) is 1.83. The first-order valence-electron chi connectivity index (χ1n) is 9.07. The van der Waals surface area contributed by atoms with E-state index in [0.717, 1.165) is 35.6 Å². The molecule has 6 heteroatoms. The van der Waals surface area contributed by atoms with Gasteiger partial charge in [0.05, 0.1) is 19.4 Å². The molecule has 0 spiro atoms. The van der Waals surface area contributed by atoms with E-state index >= 15 is 0 Å². The molecule has 3 aromatic rings. The van der Waals surface area contributed by atoms with E-state index < -0.39 is 0 Å². The zero-order valence-corrected chi connectivity index (χ0v) is 16.2. The molecule has 0 bridgehead atoms. The van der Waals surface area contributed by atoms with Crippen molar-refractivity contribution in [2.75, 3.05) is 11.9 Å². The first kappa shape index (κ1) is 19.0. The molecule has 142 valence electrons. The number of carbonyl (C=O) groups excluding carboxylic acids is 1. The monoisotopic (exact) mass is 384 g/mol. The minimum Gasteiger partial charge on any atom is -0.494 e. The van der Waals surface area contributed by atoms with Crippen LogP contribution in [-0.2, 0) is 13.1 Å². The molecule has 5 nitrogen and oxygen atoms in total. The van der Waals surface area contributed by atoms with Crippen LogP contribution in [-0.4, -0.2) is 17.5 Å². The molecule has 0 aliphatic carbocycles. The smallest absolute Gasteiger partial charge is 0.322 e. The molecule has 0 aliphatic rings. The zero-order valence-electron chi connectivity index (χ0n) is 15.4. The molecular formula is C21H24N2O3S. The van der Waals surface area contributed by atoms with Gasteiger partial charge in [0.1, 0.15) is 11.5 Å². The van der Waals surface area contributed by atoms with Crippen LogP contribution < -0.4 is 10.1 Å². The fourth-order valence-corrected chi connectivity index (χ4v) is 3.22. The van der Waals surface area contributed by atoms with Gasteiger partial charge in [-0.3, -0.25) is 0 Å². The van der Waals surface area contributed by atoms with Gasteiger partial charge >= 0.3 is 6.03 Å². The fourth-order valence-electron chi connectivity index (χ4n) is 2.56. The lowest BCUT2D eigenvalue weighted by Crippen LogP contribution is -2.33. The molecule has 0 unspecified atom stereocenters. The van der Waals surface area contributed by atoms with E-state index in [4.69, 9.17) is 9.15 Å². The standard InChI is InChI=1S/C21H24N2O3S/c1-2-3-11-25-19-8-6-18(7-9-19)22-21(24)23(14-17-10-13-27-16-17)15-20-5-4-12-26-20/h4-10,12-13,16H,2-3,11,14-15H2,1H3,(H,22,24). The molecule has 0 saturated carbocycles. The number of benzene rings is 1. The van der Waals surface area contributed by atoms with E-state index in [-0.39, 0.29) is 6.03 Å². The van der Waals surface area contributed by atoms with E-state index in [0.29, 0.717) is 19.7 Å². The first-order valence-corrected chi connectivity index (χ1v) is 10.0. The Hall–Kier alpha value is -2.73. The predicted molar refractivity (Wildman–Crippen MR) is 108 cm³/mol. The minimum atomic E-state index is -0.169. The second-order valence-electron chi connectivity index (χ2n) is 6.22. The summed E-state index contributed by atoms with van der Waals surface area (Å²) in [4.78, 5) is 14.5. The van der Waals surface area contributed by atoms with E-state index in [1.165, 1.54) is 0 Å². The Labute approximate surface area is 163 Å². The topological polar surface area (TPSA) is 54.7 Å². The van der Waals surface area contributed by atoms with Crippen molar-refractivity contribution in [3.05, 3.63) is 70.8 Å². The molecule has 0 aliphatic heterocycles. The maximum atomic E-state index is 12.8. The normalized spacial score (nSPS) is 10.6. The first-order chi connectivity index (χ1) is 13.2. The number of nitrogens with one attached hydrogen (secondary N) is 1. The van der Waals surface area contributed by atoms with Crippen molar-refractivity contribution in [3.8, 4) is 5.75 Å². The number of hydrogen-bond donors (Lipinski definition) is 1. The van der Waals surface area contributed by atoms with Crippen LogP contribution in [0.4, 0.5) is 10.5 Å². The highest BCUT2D eigenvalue weighted by Crippen LogP contribution is 2.18. The molecule has 0 fully saturated rings.